The minimum Gasteiger partial charge on any atom is -0.299 e. The summed E-state index contributed by atoms with van der Waals surface area (Å²) < 4.78 is 54.2. The van der Waals surface area contributed by atoms with Crippen molar-refractivity contribution < 1.29 is 21.6 Å². The van der Waals surface area contributed by atoms with Gasteiger partial charge < -0.3 is 0 Å². The van der Waals surface area contributed by atoms with Crippen LogP contribution in [0.1, 0.15) is 32.1 Å². The first-order valence-electron chi connectivity index (χ1n) is 9.86. The first-order valence-corrected chi connectivity index (χ1v) is 13.2. The lowest BCUT2D eigenvalue weighted by Gasteiger charge is -2.42. The largest absolute Gasteiger partial charge is 0.299 e. The minimum atomic E-state index is -3.93. The maximum absolute atomic E-state index is 13.4. The molecule has 6 nitrogen and oxygen atoms in total. The molecular weight excluding hydrogens is 446 g/mol. The number of ketones is 1. The highest BCUT2D eigenvalue weighted by atomic mass is 35.5. The number of sulfone groups is 1. The zero-order valence-electron chi connectivity index (χ0n) is 16.2. The Hall–Kier alpha value is -1.74. The number of carbonyl (C=O) groups excluding carboxylic acids is 1. The van der Waals surface area contributed by atoms with Crippen LogP contribution in [-0.4, -0.2) is 39.5 Å². The smallest absolute Gasteiger partial charge is 0.243 e. The van der Waals surface area contributed by atoms with Gasteiger partial charge in [-0.2, -0.15) is 4.31 Å². The summed E-state index contributed by atoms with van der Waals surface area (Å²) >= 11 is 5.84. The fraction of sp³-hybridized carbons (Fsp3) is 0.381. The van der Waals surface area contributed by atoms with Crippen LogP contribution in [0.15, 0.2) is 63.2 Å². The number of hydrogen-bond donors (Lipinski definition) is 0. The Morgan fingerprint density at radius 1 is 0.867 bits per heavy atom. The fourth-order valence-electron chi connectivity index (χ4n) is 4.39. The van der Waals surface area contributed by atoms with Crippen molar-refractivity contribution in [3.63, 3.8) is 0 Å². The van der Waals surface area contributed by atoms with E-state index in [2.05, 4.69) is 0 Å². The van der Waals surface area contributed by atoms with Crippen LogP contribution in [0.5, 0.6) is 0 Å². The van der Waals surface area contributed by atoms with E-state index >= 15 is 0 Å². The average molecular weight is 468 g/mol. The summed E-state index contributed by atoms with van der Waals surface area (Å²) in [6.45, 7) is 0.135. The predicted octanol–water partition coefficient (Wildman–Crippen LogP) is 3.70. The van der Waals surface area contributed by atoms with Crippen molar-refractivity contribution in [2.24, 2.45) is 5.92 Å². The van der Waals surface area contributed by atoms with E-state index in [0.717, 1.165) is 12.8 Å². The number of piperidine rings is 1. The van der Waals surface area contributed by atoms with Gasteiger partial charge in [-0.15, -0.1) is 0 Å². The number of benzene rings is 2. The third-order valence-corrected chi connectivity index (χ3v) is 9.88. The SMILES string of the molecule is O=C1CCN(S(=O)(=O)c2cccc(S(=O)(=O)c3ccc(Cl)cc3)c2)[C@H]2CCCC[C@H]12. The molecule has 0 aromatic heterocycles. The van der Waals surface area contributed by atoms with E-state index in [4.69, 9.17) is 11.6 Å². The molecule has 2 fully saturated rings. The molecule has 1 heterocycles. The van der Waals surface area contributed by atoms with Gasteiger partial charge in [-0.1, -0.05) is 30.5 Å². The van der Waals surface area contributed by atoms with Crippen molar-refractivity contribution in [2.75, 3.05) is 6.54 Å². The Bertz CT molecular complexity index is 1180. The van der Waals surface area contributed by atoms with Gasteiger partial charge in [-0.05, 0) is 55.3 Å². The molecule has 2 aromatic rings. The summed E-state index contributed by atoms with van der Waals surface area (Å²) in [7, 11) is -7.83. The quantitative estimate of drug-likeness (QED) is 0.684. The number of nitrogens with zero attached hydrogens (tertiary/aromatic N) is 1. The van der Waals surface area contributed by atoms with E-state index in [1.807, 2.05) is 0 Å². The Morgan fingerprint density at radius 3 is 2.27 bits per heavy atom. The lowest BCUT2D eigenvalue weighted by atomic mass is 9.79. The van der Waals surface area contributed by atoms with Crippen molar-refractivity contribution in [1.29, 1.82) is 0 Å². The Kier molecular flexibility index (Phi) is 5.78. The third kappa shape index (κ3) is 3.82. The molecule has 2 aromatic carbocycles. The summed E-state index contributed by atoms with van der Waals surface area (Å²) in [6, 6.07) is 10.8. The fourth-order valence-corrected chi connectivity index (χ4v) is 7.63. The highest BCUT2D eigenvalue weighted by Crippen LogP contribution is 2.37. The number of hydrogen-bond acceptors (Lipinski definition) is 5. The summed E-state index contributed by atoms with van der Waals surface area (Å²) in [5, 5.41) is 0.409. The summed E-state index contributed by atoms with van der Waals surface area (Å²) in [6.07, 6.45) is 3.36. The Balaban J connectivity index is 1.71. The molecule has 160 valence electrons. The van der Waals surface area contributed by atoms with Gasteiger partial charge in [-0.25, -0.2) is 16.8 Å². The van der Waals surface area contributed by atoms with E-state index in [1.165, 1.54) is 52.8 Å². The molecule has 0 N–H and O–H groups in total. The molecule has 0 bridgehead atoms. The van der Waals surface area contributed by atoms with E-state index in [0.29, 0.717) is 17.9 Å². The van der Waals surface area contributed by atoms with E-state index < -0.39 is 19.9 Å². The van der Waals surface area contributed by atoms with Crippen LogP contribution in [0.4, 0.5) is 0 Å². The van der Waals surface area contributed by atoms with E-state index in [1.54, 1.807) is 0 Å². The number of halogens is 1. The molecule has 0 amide bonds. The third-order valence-electron chi connectivity index (χ3n) is 5.94. The summed E-state index contributed by atoms with van der Waals surface area (Å²) in [5.41, 5.74) is 0. The van der Waals surface area contributed by atoms with Gasteiger partial charge in [0, 0.05) is 29.9 Å². The van der Waals surface area contributed by atoms with Gasteiger partial charge in [-0.3, -0.25) is 4.79 Å². The molecule has 1 saturated heterocycles. The van der Waals surface area contributed by atoms with Gasteiger partial charge >= 0.3 is 0 Å². The zero-order chi connectivity index (χ0) is 21.5. The number of carbonyl (C=O) groups is 1. The molecular formula is C21H22ClNO5S2. The van der Waals surface area contributed by atoms with Crippen LogP contribution >= 0.6 is 11.6 Å². The van der Waals surface area contributed by atoms with E-state index in [9.17, 15) is 21.6 Å². The number of Topliss-reactive ketones (excluding diaryl/α,β-unsaturated/α-hetero) is 1. The van der Waals surface area contributed by atoms with Crippen LogP contribution in [0.25, 0.3) is 0 Å². The molecule has 1 saturated carbocycles. The molecule has 1 aliphatic carbocycles. The lowest BCUT2D eigenvalue weighted by Crippen LogP contribution is -2.53. The van der Waals surface area contributed by atoms with Crippen molar-refractivity contribution in [1.82, 2.24) is 4.31 Å². The first-order chi connectivity index (χ1) is 14.2. The minimum absolute atomic E-state index is 0.0392. The molecule has 30 heavy (non-hydrogen) atoms. The highest BCUT2D eigenvalue weighted by Gasteiger charge is 2.44. The molecule has 2 aliphatic rings. The van der Waals surface area contributed by atoms with E-state index in [-0.39, 0.29) is 45.4 Å². The molecule has 9 heteroatoms. The second kappa shape index (κ2) is 8.07. The molecule has 0 unspecified atom stereocenters. The first kappa shape index (κ1) is 21.5. The van der Waals surface area contributed by atoms with Crippen LogP contribution in [0.2, 0.25) is 5.02 Å². The summed E-state index contributed by atoms with van der Waals surface area (Å²) in [4.78, 5) is 12.2. The Morgan fingerprint density at radius 2 is 1.53 bits per heavy atom. The van der Waals surface area contributed by atoms with Crippen molar-refractivity contribution in [2.45, 2.75) is 52.8 Å². The standard InChI is InChI=1S/C21H22ClNO5S2/c22-15-8-10-16(11-9-15)29(25,26)17-4-3-5-18(14-17)30(27,28)23-13-12-21(24)19-6-1-2-7-20(19)23/h3-5,8-11,14,19-20H,1-2,6-7,12-13H2/t19-,20-/m0/s1. The van der Waals surface area contributed by atoms with Crippen LogP contribution in [0, 0.1) is 5.92 Å². The monoisotopic (exact) mass is 467 g/mol. The van der Waals surface area contributed by atoms with Gasteiger partial charge in [0.1, 0.15) is 5.78 Å². The maximum atomic E-state index is 13.4. The second-order valence-corrected chi connectivity index (χ2v) is 12.0. The van der Waals surface area contributed by atoms with Gasteiger partial charge in [0.05, 0.1) is 14.7 Å². The molecule has 2 atom stereocenters. The molecule has 0 spiro atoms. The topological polar surface area (TPSA) is 88.6 Å². The van der Waals surface area contributed by atoms with Gasteiger partial charge in [0.2, 0.25) is 19.9 Å². The number of sulfonamides is 1. The average Bonchev–Trinajstić information content (AvgIpc) is 2.74. The van der Waals surface area contributed by atoms with Crippen molar-refractivity contribution in [3.05, 3.63) is 53.6 Å². The predicted molar refractivity (Wildman–Crippen MR) is 113 cm³/mol. The maximum Gasteiger partial charge on any atom is 0.243 e. The zero-order valence-corrected chi connectivity index (χ0v) is 18.6. The van der Waals surface area contributed by atoms with Gasteiger partial charge in [0.15, 0.2) is 0 Å². The normalized spacial score (nSPS) is 23.2. The van der Waals surface area contributed by atoms with Crippen molar-refractivity contribution in [3.8, 4) is 0 Å². The van der Waals surface area contributed by atoms with Crippen LogP contribution < -0.4 is 0 Å². The second-order valence-electron chi connectivity index (χ2n) is 7.72. The number of fused-ring (bicyclic) bond motifs is 1. The highest BCUT2D eigenvalue weighted by molar-refractivity contribution is 7.91. The van der Waals surface area contributed by atoms with Gasteiger partial charge in [0.25, 0.3) is 0 Å². The lowest BCUT2D eigenvalue weighted by molar-refractivity contribution is -0.128. The van der Waals surface area contributed by atoms with Crippen LogP contribution in [-0.2, 0) is 24.7 Å². The molecule has 4 rings (SSSR count). The van der Waals surface area contributed by atoms with Crippen molar-refractivity contribution >= 4 is 37.2 Å². The Labute approximate surface area is 181 Å². The number of rotatable bonds is 4. The molecule has 0 radical (unpaired) electrons. The molecule has 1 aliphatic heterocycles. The van der Waals surface area contributed by atoms with Crippen LogP contribution in [0.3, 0.4) is 0 Å². The summed E-state index contributed by atoms with van der Waals surface area (Å²) in [5.74, 6) is -0.131.